The Hall–Kier alpha value is -3.18. The van der Waals surface area contributed by atoms with Crippen LogP contribution >= 0.6 is 0 Å². The third kappa shape index (κ3) is 7.54. The van der Waals surface area contributed by atoms with Crippen LogP contribution in [0.4, 0.5) is 10.5 Å². The van der Waals surface area contributed by atoms with Crippen LogP contribution < -0.4 is 20.9 Å². The Labute approximate surface area is 180 Å². The average molecular weight is 451 g/mol. The Morgan fingerprint density at radius 2 is 1.81 bits per heavy atom. The molecule has 0 aliphatic rings. The molecule has 0 fully saturated rings. The summed E-state index contributed by atoms with van der Waals surface area (Å²) in [5, 5.41) is 4.96. The number of pyridine rings is 1. The van der Waals surface area contributed by atoms with Crippen molar-refractivity contribution in [3.63, 3.8) is 0 Å². The van der Waals surface area contributed by atoms with Crippen molar-refractivity contribution >= 4 is 27.7 Å². The second-order valence-corrected chi connectivity index (χ2v) is 9.46. The number of hydrogen-bond donors (Lipinski definition) is 4. The summed E-state index contributed by atoms with van der Waals surface area (Å²) in [4.78, 5) is 38.3. The van der Waals surface area contributed by atoms with Gasteiger partial charge in [0.2, 0.25) is 10.0 Å². The molecule has 0 unspecified atom stereocenters. The van der Waals surface area contributed by atoms with Gasteiger partial charge in [0.1, 0.15) is 11.2 Å². The van der Waals surface area contributed by atoms with Crippen LogP contribution in [0, 0.1) is 6.92 Å². The fourth-order valence-electron chi connectivity index (χ4n) is 2.44. The monoisotopic (exact) mass is 450 g/mol. The molecular weight excluding hydrogens is 424 g/mol. The minimum Gasteiger partial charge on any atom is -0.444 e. The zero-order valence-electron chi connectivity index (χ0n) is 17.7. The van der Waals surface area contributed by atoms with Gasteiger partial charge in [0.25, 0.3) is 11.5 Å². The van der Waals surface area contributed by atoms with Crippen molar-refractivity contribution in [2.75, 3.05) is 18.4 Å². The molecular formula is C20H26N4O6S. The largest absolute Gasteiger partial charge is 0.444 e. The number of amides is 2. The Morgan fingerprint density at radius 1 is 1.10 bits per heavy atom. The van der Waals surface area contributed by atoms with Crippen LogP contribution in [0.2, 0.25) is 0 Å². The number of aromatic amines is 1. The van der Waals surface area contributed by atoms with E-state index < -0.39 is 33.2 Å². The molecule has 2 aromatic rings. The molecule has 0 spiro atoms. The van der Waals surface area contributed by atoms with Gasteiger partial charge in [0.05, 0.1) is 4.90 Å². The van der Waals surface area contributed by atoms with Crippen LogP contribution in [0.15, 0.2) is 46.1 Å². The van der Waals surface area contributed by atoms with Gasteiger partial charge >= 0.3 is 6.09 Å². The summed E-state index contributed by atoms with van der Waals surface area (Å²) in [5.74, 6) is -0.662. The molecule has 1 aromatic heterocycles. The Morgan fingerprint density at radius 3 is 2.45 bits per heavy atom. The highest BCUT2D eigenvalue weighted by molar-refractivity contribution is 7.89. The molecule has 0 aliphatic carbocycles. The van der Waals surface area contributed by atoms with E-state index in [9.17, 15) is 22.8 Å². The summed E-state index contributed by atoms with van der Waals surface area (Å²) in [6.45, 7) is 6.81. The van der Waals surface area contributed by atoms with Crippen molar-refractivity contribution in [3.8, 4) is 0 Å². The van der Waals surface area contributed by atoms with Crippen LogP contribution in [-0.2, 0) is 14.8 Å². The number of aryl methyl sites for hydroxylation is 1. The molecule has 10 nitrogen and oxygen atoms in total. The Balaban J connectivity index is 1.99. The van der Waals surface area contributed by atoms with E-state index in [1.165, 1.54) is 30.3 Å². The van der Waals surface area contributed by atoms with Crippen molar-refractivity contribution in [1.29, 1.82) is 0 Å². The molecule has 4 N–H and O–H groups in total. The van der Waals surface area contributed by atoms with Crippen LogP contribution in [0.5, 0.6) is 0 Å². The molecule has 11 heteroatoms. The number of alkyl carbamates (subject to hydrolysis) is 1. The lowest BCUT2D eigenvalue weighted by Crippen LogP contribution is -2.37. The third-order valence-corrected chi connectivity index (χ3v) is 5.25. The van der Waals surface area contributed by atoms with Gasteiger partial charge in [0, 0.05) is 24.5 Å². The van der Waals surface area contributed by atoms with Crippen LogP contribution in [0.1, 0.15) is 36.8 Å². The zero-order chi connectivity index (χ0) is 23.2. The highest BCUT2D eigenvalue weighted by Gasteiger charge is 2.18. The maximum Gasteiger partial charge on any atom is 0.407 e. The normalized spacial score (nSPS) is 11.6. The van der Waals surface area contributed by atoms with Crippen molar-refractivity contribution < 1.29 is 22.7 Å². The van der Waals surface area contributed by atoms with E-state index in [4.69, 9.17) is 4.74 Å². The first kappa shape index (κ1) is 24.1. The van der Waals surface area contributed by atoms with Gasteiger partial charge < -0.3 is 20.4 Å². The predicted molar refractivity (Wildman–Crippen MR) is 116 cm³/mol. The maximum atomic E-state index is 12.5. The fourth-order valence-corrected chi connectivity index (χ4v) is 3.52. The number of ether oxygens (including phenoxy) is 1. The number of carbonyl (C=O) groups excluding carboxylic acids is 2. The number of rotatable bonds is 7. The van der Waals surface area contributed by atoms with Crippen LogP contribution in [0.25, 0.3) is 0 Å². The summed E-state index contributed by atoms with van der Waals surface area (Å²) < 4.78 is 32.4. The topological polar surface area (TPSA) is 146 Å². The number of benzene rings is 1. The number of carbonyl (C=O) groups is 2. The van der Waals surface area contributed by atoms with E-state index in [2.05, 4.69) is 20.3 Å². The minimum atomic E-state index is -3.89. The number of hydrogen-bond acceptors (Lipinski definition) is 6. The number of nitrogens with one attached hydrogen (secondary N) is 4. The average Bonchev–Trinajstić information content (AvgIpc) is 2.64. The van der Waals surface area contributed by atoms with E-state index in [0.29, 0.717) is 5.69 Å². The van der Waals surface area contributed by atoms with E-state index in [1.807, 2.05) is 0 Å². The standard InChI is InChI=1S/C20H26N4O6S/c1-13-8-9-16(17(25)23-13)18(26)24-14-6-5-7-15(12-14)31(28,29)22-11-10-21-19(27)30-20(2,3)4/h5-9,12,22H,10-11H2,1-4H3,(H,21,27)(H,23,25)(H,24,26). The van der Waals surface area contributed by atoms with Gasteiger partial charge in [-0.15, -0.1) is 0 Å². The second kappa shape index (κ2) is 9.75. The Kier molecular flexibility index (Phi) is 7.58. The highest BCUT2D eigenvalue weighted by atomic mass is 32.2. The van der Waals surface area contributed by atoms with E-state index in [0.717, 1.165) is 0 Å². The van der Waals surface area contributed by atoms with Crippen molar-refractivity contribution in [2.45, 2.75) is 38.2 Å². The lowest BCUT2D eigenvalue weighted by molar-refractivity contribution is 0.0528. The van der Waals surface area contributed by atoms with E-state index in [1.54, 1.807) is 33.8 Å². The molecule has 0 saturated heterocycles. The molecule has 168 valence electrons. The third-order valence-electron chi connectivity index (χ3n) is 3.79. The van der Waals surface area contributed by atoms with E-state index in [-0.39, 0.29) is 29.2 Å². The van der Waals surface area contributed by atoms with Gasteiger partial charge in [0.15, 0.2) is 0 Å². The van der Waals surface area contributed by atoms with Gasteiger partial charge in [-0.05, 0) is 58.0 Å². The number of H-pyrrole nitrogens is 1. The summed E-state index contributed by atoms with van der Waals surface area (Å²) >= 11 is 0. The van der Waals surface area contributed by atoms with Gasteiger partial charge in [-0.1, -0.05) is 6.07 Å². The molecule has 0 radical (unpaired) electrons. The lowest BCUT2D eigenvalue weighted by atomic mass is 10.2. The Bertz CT molecular complexity index is 1120. The molecule has 1 aromatic carbocycles. The molecule has 0 bridgehead atoms. The summed E-state index contributed by atoms with van der Waals surface area (Å²) in [7, 11) is -3.89. The second-order valence-electron chi connectivity index (χ2n) is 7.69. The van der Waals surface area contributed by atoms with Crippen molar-refractivity contribution in [1.82, 2.24) is 15.0 Å². The SMILES string of the molecule is Cc1ccc(C(=O)Nc2cccc(S(=O)(=O)NCCNC(=O)OC(C)(C)C)c2)c(=O)[nH]1. The number of sulfonamides is 1. The predicted octanol–water partition coefficient (Wildman–Crippen LogP) is 1.74. The lowest BCUT2D eigenvalue weighted by Gasteiger charge is -2.19. The maximum absolute atomic E-state index is 12.5. The molecule has 2 rings (SSSR count). The fraction of sp³-hybridized carbons (Fsp3) is 0.350. The smallest absolute Gasteiger partial charge is 0.407 e. The van der Waals surface area contributed by atoms with Crippen LogP contribution in [0.3, 0.4) is 0 Å². The number of aromatic nitrogens is 1. The van der Waals surface area contributed by atoms with Crippen molar-refractivity contribution in [2.24, 2.45) is 0 Å². The molecule has 1 heterocycles. The van der Waals surface area contributed by atoms with Gasteiger partial charge in [-0.25, -0.2) is 17.9 Å². The number of anilines is 1. The summed E-state index contributed by atoms with van der Waals surface area (Å²) in [5.41, 5.74) is -0.468. The highest BCUT2D eigenvalue weighted by Crippen LogP contribution is 2.16. The van der Waals surface area contributed by atoms with Gasteiger partial charge in [-0.2, -0.15) is 0 Å². The first-order valence-corrected chi connectivity index (χ1v) is 10.9. The molecule has 0 aliphatic heterocycles. The summed E-state index contributed by atoms with van der Waals surface area (Å²) in [6.07, 6.45) is -0.650. The van der Waals surface area contributed by atoms with E-state index >= 15 is 0 Å². The molecule has 0 atom stereocenters. The first-order chi connectivity index (χ1) is 14.4. The van der Waals surface area contributed by atoms with Gasteiger partial charge in [-0.3, -0.25) is 9.59 Å². The van der Waals surface area contributed by atoms with Crippen LogP contribution in [-0.4, -0.2) is 44.1 Å². The summed E-state index contributed by atoms with van der Waals surface area (Å²) in [6, 6.07) is 8.57. The first-order valence-electron chi connectivity index (χ1n) is 9.45. The molecule has 0 saturated carbocycles. The quantitative estimate of drug-likeness (QED) is 0.473. The minimum absolute atomic E-state index is 0.0285. The van der Waals surface area contributed by atoms with Crippen molar-refractivity contribution in [3.05, 3.63) is 58.0 Å². The zero-order valence-corrected chi connectivity index (χ0v) is 18.6. The molecule has 2 amide bonds. The molecule has 31 heavy (non-hydrogen) atoms.